The Labute approximate surface area is 111 Å². The molecule has 1 amide bonds. The van der Waals surface area contributed by atoms with Crippen LogP contribution in [0.2, 0.25) is 0 Å². The maximum Gasteiger partial charge on any atom is 0.267 e. The summed E-state index contributed by atoms with van der Waals surface area (Å²) in [6.07, 6.45) is 1.27. The number of carbonyl (C=O) groups excluding carboxylic acids is 1. The van der Waals surface area contributed by atoms with Crippen molar-refractivity contribution in [1.29, 1.82) is 5.26 Å². The van der Waals surface area contributed by atoms with E-state index < -0.39 is 5.91 Å². The van der Waals surface area contributed by atoms with Gasteiger partial charge in [-0.15, -0.1) is 0 Å². The number of hydrogen-bond acceptors (Lipinski definition) is 5. The Morgan fingerprint density at radius 1 is 1.47 bits per heavy atom. The van der Waals surface area contributed by atoms with Crippen LogP contribution in [-0.2, 0) is 4.79 Å². The lowest BCUT2D eigenvalue weighted by atomic mass is 10.2. The van der Waals surface area contributed by atoms with Crippen molar-refractivity contribution in [2.75, 3.05) is 25.6 Å². The normalized spacial score (nSPS) is 10.5. The van der Waals surface area contributed by atoms with Crippen LogP contribution in [0.4, 0.5) is 5.69 Å². The molecule has 0 saturated carbocycles. The SMILES string of the molecule is COc1ccc(NC(=O)/C(C#N)=C\NCCO)cc1. The van der Waals surface area contributed by atoms with E-state index in [2.05, 4.69) is 10.6 Å². The van der Waals surface area contributed by atoms with E-state index in [9.17, 15) is 4.79 Å². The van der Waals surface area contributed by atoms with Crippen molar-refractivity contribution >= 4 is 11.6 Å². The molecule has 0 bridgehead atoms. The van der Waals surface area contributed by atoms with Crippen LogP contribution in [0.1, 0.15) is 0 Å². The number of nitrogens with zero attached hydrogens (tertiary/aromatic N) is 1. The molecule has 0 heterocycles. The second-order valence-corrected chi connectivity index (χ2v) is 3.53. The first-order chi connectivity index (χ1) is 9.21. The Hall–Kier alpha value is -2.52. The van der Waals surface area contributed by atoms with E-state index in [4.69, 9.17) is 15.1 Å². The molecule has 1 rings (SSSR count). The highest BCUT2D eigenvalue weighted by atomic mass is 16.5. The third-order valence-electron chi connectivity index (χ3n) is 2.22. The molecule has 0 saturated heterocycles. The van der Waals surface area contributed by atoms with Gasteiger partial charge in [-0.2, -0.15) is 5.26 Å². The minimum atomic E-state index is -0.516. The van der Waals surface area contributed by atoms with E-state index in [0.29, 0.717) is 11.4 Å². The van der Waals surface area contributed by atoms with E-state index in [1.165, 1.54) is 6.20 Å². The quantitative estimate of drug-likeness (QED) is 0.396. The molecule has 1 aromatic rings. The summed E-state index contributed by atoms with van der Waals surface area (Å²) < 4.78 is 5.00. The number of carbonyl (C=O) groups is 1. The van der Waals surface area contributed by atoms with Gasteiger partial charge in [0.1, 0.15) is 17.4 Å². The highest BCUT2D eigenvalue weighted by molar-refractivity contribution is 6.06. The molecular weight excluding hydrogens is 246 g/mol. The Morgan fingerprint density at radius 2 is 2.16 bits per heavy atom. The number of ether oxygens (including phenoxy) is 1. The zero-order valence-corrected chi connectivity index (χ0v) is 10.5. The number of nitriles is 1. The van der Waals surface area contributed by atoms with Gasteiger partial charge < -0.3 is 20.5 Å². The molecule has 0 aliphatic carbocycles. The molecule has 0 atom stereocenters. The van der Waals surface area contributed by atoms with Gasteiger partial charge in [0.25, 0.3) is 5.91 Å². The smallest absolute Gasteiger partial charge is 0.267 e. The zero-order valence-electron chi connectivity index (χ0n) is 10.5. The summed E-state index contributed by atoms with van der Waals surface area (Å²) in [4.78, 5) is 11.8. The fourth-order valence-corrected chi connectivity index (χ4v) is 1.26. The Kier molecular flexibility index (Phi) is 5.92. The van der Waals surface area contributed by atoms with Crippen molar-refractivity contribution in [3.05, 3.63) is 36.0 Å². The van der Waals surface area contributed by atoms with Crippen LogP contribution in [0.3, 0.4) is 0 Å². The molecule has 0 unspecified atom stereocenters. The molecule has 0 radical (unpaired) electrons. The summed E-state index contributed by atoms with van der Waals surface area (Å²) in [6.45, 7) is 0.205. The molecule has 0 aliphatic rings. The molecule has 6 nitrogen and oxygen atoms in total. The minimum absolute atomic E-state index is 0.0655. The largest absolute Gasteiger partial charge is 0.497 e. The fraction of sp³-hybridized carbons (Fsp3) is 0.231. The molecule has 0 aromatic heterocycles. The zero-order chi connectivity index (χ0) is 14.1. The third-order valence-corrected chi connectivity index (χ3v) is 2.22. The van der Waals surface area contributed by atoms with Gasteiger partial charge in [-0.1, -0.05) is 0 Å². The van der Waals surface area contributed by atoms with Crippen molar-refractivity contribution in [2.24, 2.45) is 0 Å². The summed E-state index contributed by atoms with van der Waals surface area (Å²) in [6, 6.07) is 8.54. The van der Waals surface area contributed by atoms with Crippen molar-refractivity contribution in [2.45, 2.75) is 0 Å². The van der Waals surface area contributed by atoms with Crippen LogP contribution in [0.25, 0.3) is 0 Å². The first-order valence-corrected chi connectivity index (χ1v) is 5.61. The van der Waals surface area contributed by atoms with Crippen LogP contribution in [0.15, 0.2) is 36.0 Å². The van der Waals surface area contributed by atoms with E-state index >= 15 is 0 Å². The van der Waals surface area contributed by atoms with Crippen molar-refractivity contribution in [3.8, 4) is 11.8 Å². The number of hydrogen-bond donors (Lipinski definition) is 3. The predicted octanol–water partition coefficient (Wildman–Crippen LogP) is 0.623. The number of benzene rings is 1. The van der Waals surface area contributed by atoms with Gasteiger partial charge in [0, 0.05) is 18.4 Å². The van der Waals surface area contributed by atoms with Gasteiger partial charge in [0.2, 0.25) is 0 Å². The van der Waals surface area contributed by atoms with Crippen LogP contribution in [-0.4, -0.2) is 31.3 Å². The van der Waals surface area contributed by atoms with E-state index in [-0.39, 0.29) is 18.7 Å². The van der Waals surface area contributed by atoms with Gasteiger partial charge in [-0.25, -0.2) is 0 Å². The van der Waals surface area contributed by atoms with Crippen LogP contribution < -0.4 is 15.4 Å². The van der Waals surface area contributed by atoms with Gasteiger partial charge in [-0.05, 0) is 24.3 Å². The van der Waals surface area contributed by atoms with Gasteiger partial charge in [0.15, 0.2) is 0 Å². The second kappa shape index (κ2) is 7.74. The molecule has 19 heavy (non-hydrogen) atoms. The highest BCUT2D eigenvalue weighted by Crippen LogP contribution is 2.15. The Bertz CT molecular complexity index is 489. The summed E-state index contributed by atoms with van der Waals surface area (Å²) in [5.74, 6) is 0.164. The number of aliphatic hydroxyl groups is 1. The average Bonchev–Trinajstić information content (AvgIpc) is 2.44. The Morgan fingerprint density at radius 3 is 2.68 bits per heavy atom. The lowest BCUT2D eigenvalue weighted by Gasteiger charge is -2.05. The predicted molar refractivity (Wildman–Crippen MR) is 70.4 cm³/mol. The van der Waals surface area contributed by atoms with Gasteiger partial charge >= 0.3 is 0 Å². The van der Waals surface area contributed by atoms with Crippen molar-refractivity contribution < 1.29 is 14.6 Å². The number of nitrogens with one attached hydrogen (secondary N) is 2. The number of anilines is 1. The van der Waals surface area contributed by atoms with E-state index in [1.54, 1.807) is 37.4 Å². The molecule has 3 N–H and O–H groups in total. The maximum atomic E-state index is 11.8. The van der Waals surface area contributed by atoms with Crippen LogP contribution in [0, 0.1) is 11.3 Å². The molecule has 6 heteroatoms. The molecule has 0 aliphatic heterocycles. The summed E-state index contributed by atoms with van der Waals surface area (Å²) in [5.41, 5.74) is 0.498. The monoisotopic (exact) mass is 261 g/mol. The topological polar surface area (TPSA) is 94.4 Å². The minimum Gasteiger partial charge on any atom is -0.497 e. The van der Waals surface area contributed by atoms with Crippen molar-refractivity contribution in [3.63, 3.8) is 0 Å². The molecule has 0 spiro atoms. The van der Waals surface area contributed by atoms with Crippen molar-refractivity contribution in [1.82, 2.24) is 5.32 Å². The maximum absolute atomic E-state index is 11.8. The molecular formula is C13H15N3O3. The lowest BCUT2D eigenvalue weighted by molar-refractivity contribution is -0.112. The second-order valence-electron chi connectivity index (χ2n) is 3.53. The van der Waals surface area contributed by atoms with Gasteiger partial charge in [-0.3, -0.25) is 4.79 Å². The molecule has 1 aromatic carbocycles. The lowest BCUT2D eigenvalue weighted by Crippen LogP contribution is -2.18. The average molecular weight is 261 g/mol. The number of rotatable bonds is 6. The van der Waals surface area contributed by atoms with Crippen LogP contribution in [0.5, 0.6) is 5.75 Å². The highest BCUT2D eigenvalue weighted by Gasteiger charge is 2.08. The summed E-state index contributed by atoms with van der Waals surface area (Å²) in [5, 5.41) is 22.7. The van der Waals surface area contributed by atoms with Crippen LogP contribution >= 0.6 is 0 Å². The molecule has 0 fully saturated rings. The Balaban J connectivity index is 2.66. The van der Waals surface area contributed by atoms with E-state index in [0.717, 1.165) is 0 Å². The van der Waals surface area contributed by atoms with E-state index in [1.807, 2.05) is 0 Å². The number of amides is 1. The fourth-order valence-electron chi connectivity index (χ4n) is 1.26. The first-order valence-electron chi connectivity index (χ1n) is 5.61. The number of methoxy groups -OCH3 is 1. The standard InChI is InChI=1S/C13H15N3O3/c1-19-12-4-2-11(3-5-12)16-13(18)10(8-14)9-15-6-7-17/h2-5,9,15,17H,6-7H2,1H3,(H,16,18)/b10-9-. The molecule has 100 valence electrons. The summed E-state index contributed by atoms with van der Waals surface area (Å²) >= 11 is 0. The van der Waals surface area contributed by atoms with Gasteiger partial charge in [0.05, 0.1) is 13.7 Å². The first kappa shape index (κ1) is 14.5. The number of aliphatic hydroxyl groups excluding tert-OH is 1. The summed E-state index contributed by atoms with van der Waals surface area (Å²) in [7, 11) is 1.55. The third kappa shape index (κ3) is 4.69.